The van der Waals surface area contributed by atoms with Gasteiger partial charge in [0.05, 0.1) is 11.2 Å². The van der Waals surface area contributed by atoms with Crippen LogP contribution in [-0.2, 0) is 0 Å². The maximum Gasteiger partial charge on any atom is 0.234 e. The number of hydrogen-bond acceptors (Lipinski definition) is 7. The van der Waals surface area contributed by atoms with Gasteiger partial charge >= 0.3 is 0 Å². The molecule has 0 spiro atoms. The second-order valence-electron chi connectivity index (χ2n) is 12.5. The van der Waals surface area contributed by atoms with Gasteiger partial charge in [0.15, 0.2) is 5.82 Å². The lowest BCUT2D eigenvalue weighted by Gasteiger charge is -2.44. The number of aromatic nitrogens is 1. The smallest absolute Gasteiger partial charge is 0.234 e. The van der Waals surface area contributed by atoms with E-state index in [9.17, 15) is 14.8 Å². The van der Waals surface area contributed by atoms with Crippen LogP contribution in [0.3, 0.4) is 0 Å². The van der Waals surface area contributed by atoms with Gasteiger partial charge in [-0.05, 0) is 67.4 Å². The number of nitriles is 1. The van der Waals surface area contributed by atoms with Gasteiger partial charge in [0.2, 0.25) is 5.88 Å². The summed E-state index contributed by atoms with van der Waals surface area (Å²) in [5.41, 5.74) is 6.87. The molecule has 3 aromatic carbocycles. The van der Waals surface area contributed by atoms with E-state index in [0.29, 0.717) is 29.4 Å². The van der Waals surface area contributed by atoms with E-state index in [-0.39, 0.29) is 64.0 Å². The average molecular weight is 586 g/mol. The summed E-state index contributed by atoms with van der Waals surface area (Å²) in [6, 6.07) is 12.8. The summed E-state index contributed by atoms with van der Waals surface area (Å²) in [6.07, 6.45) is 2.75. The van der Waals surface area contributed by atoms with E-state index in [0.717, 1.165) is 32.2 Å². The summed E-state index contributed by atoms with van der Waals surface area (Å²) in [4.78, 5) is 8.80. The maximum absolute atomic E-state index is 16.7. The molecule has 2 unspecified atom stereocenters. The third-order valence-electron chi connectivity index (χ3n) is 10.1. The van der Waals surface area contributed by atoms with E-state index in [1.54, 1.807) is 18.2 Å². The molecule has 5 heterocycles. The van der Waals surface area contributed by atoms with E-state index in [2.05, 4.69) is 20.9 Å². The van der Waals surface area contributed by atoms with Gasteiger partial charge in [0.25, 0.3) is 0 Å². The number of hydrogen-bond donors (Lipinski definition) is 2. The number of alkyl halides is 1. The fraction of sp³-hybridized carbons (Fsp3) is 0.394. The lowest BCUT2D eigenvalue weighted by molar-refractivity contribution is 0.110. The average Bonchev–Trinajstić information content (AvgIpc) is 3.70. The number of ether oxygens (including phenoxy) is 1. The van der Waals surface area contributed by atoms with Gasteiger partial charge in [-0.15, -0.1) is 0 Å². The summed E-state index contributed by atoms with van der Waals surface area (Å²) >= 11 is 0. The minimum absolute atomic E-state index is 0.00333. The first-order valence-corrected chi connectivity index (χ1v) is 14.8. The number of pyridine rings is 1. The lowest BCUT2D eigenvalue weighted by atomic mass is 9.93. The quantitative estimate of drug-likeness (QED) is 0.317. The molecule has 10 heteroatoms. The van der Waals surface area contributed by atoms with Crippen LogP contribution in [0.25, 0.3) is 32.8 Å². The Morgan fingerprint density at radius 1 is 1.16 bits per heavy atom. The molecule has 220 valence electrons. The molecule has 2 bridgehead atoms. The van der Waals surface area contributed by atoms with Crippen molar-refractivity contribution in [1.29, 1.82) is 5.26 Å². The van der Waals surface area contributed by atoms with Crippen molar-refractivity contribution in [3.8, 4) is 28.8 Å². The van der Waals surface area contributed by atoms with Gasteiger partial charge in [-0.25, -0.2) is 18.2 Å². The summed E-state index contributed by atoms with van der Waals surface area (Å²) in [7, 11) is 0. The zero-order chi connectivity index (χ0) is 29.6. The van der Waals surface area contributed by atoms with Crippen molar-refractivity contribution in [3.63, 3.8) is 0 Å². The predicted octanol–water partition coefficient (Wildman–Crippen LogP) is 5.54. The molecule has 3 N–H and O–H groups in total. The Hall–Kier alpha value is -4.07. The molecule has 0 radical (unpaired) electrons. The summed E-state index contributed by atoms with van der Waals surface area (Å²) < 4.78 is 52.6. The van der Waals surface area contributed by atoms with Gasteiger partial charge < -0.3 is 20.5 Å². The van der Waals surface area contributed by atoms with E-state index in [1.807, 2.05) is 0 Å². The van der Waals surface area contributed by atoms with Crippen LogP contribution in [0, 0.1) is 23.0 Å². The van der Waals surface area contributed by atoms with Crippen molar-refractivity contribution in [1.82, 2.24) is 9.88 Å². The maximum atomic E-state index is 16.7. The fourth-order valence-electron chi connectivity index (χ4n) is 8.22. The van der Waals surface area contributed by atoms with E-state index < -0.39 is 23.3 Å². The van der Waals surface area contributed by atoms with Crippen LogP contribution in [-0.4, -0.2) is 64.5 Å². The van der Waals surface area contributed by atoms with Crippen molar-refractivity contribution in [3.05, 3.63) is 59.7 Å². The van der Waals surface area contributed by atoms with Crippen LogP contribution in [0.4, 0.5) is 18.9 Å². The number of anilines is 1. The van der Waals surface area contributed by atoms with Crippen molar-refractivity contribution in [2.24, 2.45) is 5.73 Å². The summed E-state index contributed by atoms with van der Waals surface area (Å²) in [5, 5.41) is 21.9. The Morgan fingerprint density at radius 2 is 2.02 bits per heavy atom. The predicted molar refractivity (Wildman–Crippen MR) is 157 cm³/mol. The number of phenolic OH excluding ortho intramolecular Hbond substituents is 1. The number of benzene rings is 3. The number of nitrogens with two attached hydrogens (primary N) is 1. The first kappa shape index (κ1) is 26.5. The highest BCUT2D eigenvalue weighted by molar-refractivity contribution is 6.03. The molecular formula is C33H30F3N5O2. The minimum atomic E-state index is -0.949. The monoisotopic (exact) mass is 585 g/mol. The summed E-state index contributed by atoms with van der Waals surface area (Å²) in [6.45, 7) is 1.27. The Balaban J connectivity index is 1.32. The highest BCUT2D eigenvalue weighted by atomic mass is 19.1. The van der Waals surface area contributed by atoms with Crippen molar-refractivity contribution in [2.75, 3.05) is 24.6 Å². The molecule has 4 saturated heterocycles. The van der Waals surface area contributed by atoms with E-state index >= 15 is 8.78 Å². The SMILES string of the molecule is N#Cc1c(OCC23CCCN2C[C@H](F)C3)nc2c(F)c(-c3cc(O)cc4cccc(F)c34)ccc2c1N1C2C[C@H]1C[C@H]2N. The summed E-state index contributed by atoms with van der Waals surface area (Å²) in [5.74, 6) is -1.39. The van der Waals surface area contributed by atoms with Crippen LogP contribution in [0.1, 0.15) is 37.7 Å². The van der Waals surface area contributed by atoms with E-state index in [1.165, 1.54) is 24.3 Å². The molecule has 7 nitrogen and oxygen atoms in total. The second-order valence-corrected chi connectivity index (χ2v) is 12.5. The zero-order valence-corrected chi connectivity index (χ0v) is 23.4. The van der Waals surface area contributed by atoms with Crippen LogP contribution >= 0.6 is 0 Å². The van der Waals surface area contributed by atoms with Gasteiger partial charge in [-0.1, -0.05) is 18.2 Å². The Morgan fingerprint density at radius 3 is 2.79 bits per heavy atom. The van der Waals surface area contributed by atoms with Crippen molar-refractivity contribution >= 4 is 27.4 Å². The molecule has 43 heavy (non-hydrogen) atoms. The normalized spacial score (nSPS) is 27.9. The Kier molecular flexibility index (Phi) is 5.84. The molecule has 1 aliphatic carbocycles. The first-order chi connectivity index (χ1) is 20.8. The third kappa shape index (κ3) is 3.84. The second kappa shape index (κ2) is 9.46. The molecule has 4 aromatic rings. The molecular weight excluding hydrogens is 555 g/mol. The topological polar surface area (TPSA) is 98.6 Å². The molecule has 9 rings (SSSR count). The lowest BCUT2D eigenvalue weighted by Crippen LogP contribution is -2.52. The molecule has 5 atom stereocenters. The van der Waals surface area contributed by atoms with Gasteiger partial charge in [-0.2, -0.15) is 5.26 Å². The van der Waals surface area contributed by atoms with Crippen LogP contribution < -0.4 is 15.4 Å². The van der Waals surface area contributed by atoms with Gasteiger partial charge in [-0.3, -0.25) is 4.90 Å². The Bertz CT molecular complexity index is 1860. The van der Waals surface area contributed by atoms with Crippen LogP contribution in [0.2, 0.25) is 0 Å². The van der Waals surface area contributed by atoms with Crippen molar-refractivity contribution in [2.45, 2.75) is 61.9 Å². The fourth-order valence-corrected chi connectivity index (χ4v) is 8.22. The molecule has 5 fully saturated rings. The van der Waals surface area contributed by atoms with Gasteiger partial charge in [0.1, 0.15) is 41.5 Å². The van der Waals surface area contributed by atoms with Crippen LogP contribution in [0.5, 0.6) is 11.6 Å². The zero-order valence-electron chi connectivity index (χ0n) is 23.4. The highest BCUT2D eigenvalue weighted by Crippen LogP contribution is 2.50. The number of phenols is 1. The molecule has 1 aromatic heterocycles. The molecule has 4 aliphatic heterocycles. The standard InChI is InChI=1S/C33H30F3N5O2/c34-18-13-33(7-2-8-40(33)15-18)16-43-32-24(14-37)31(41-19-10-26(38)27(41)11-19)22-6-5-21(29(36)30(22)39-32)23-12-20(42)9-17-3-1-4-25(35)28(17)23/h1,3-6,9,12,18-19,26-27,42H,2,7-8,10-11,13,15-16,38H2/t18-,19-,26-,27?,33?/m1/s1. The highest BCUT2D eigenvalue weighted by Gasteiger charge is 2.52. The number of halogens is 3. The molecule has 1 saturated carbocycles. The Labute approximate surface area is 246 Å². The number of fused-ring (bicyclic) bond motifs is 4. The minimum Gasteiger partial charge on any atom is -0.508 e. The van der Waals surface area contributed by atoms with Gasteiger partial charge in [0, 0.05) is 47.4 Å². The molecule has 0 amide bonds. The number of rotatable bonds is 5. The number of nitrogens with zero attached hydrogens (tertiary/aromatic N) is 4. The van der Waals surface area contributed by atoms with Crippen LogP contribution in [0.15, 0.2) is 42.5 Å². The van der Waals surface area contributed by atoms with E-state index in [4.69, 9.17) is 10.5 Å². The first-order valence-electron chi connectivity index (χ1n) is 14.8. The number of aromatic hydroxyl groups is 1. The largest absolute Gasteiger partial charge is 0.508 e. The third-order valence-corrected chi connectivity index (χ3v) is 10.1. The molecule has 5 aliphatic rings. The van der Waals surface area contributed by atoms with Crippen molar-refractivity contribution < 1.29 is 23.0 Å².